The SMILES string of the molecule is O=C1CCCCN1C[C@@H]1CCC2(CN(C(=O)[C@H]3CCOC3)C2)OC1. The number of hydrogen-bond donors (Lipinski definition) is 0. The van der Waals surface area contributed by atoms with E-state index in [0.717, 1.165) is 64.9 Å². The van der Waals surface area contributed by atoms with E-state index in [0.29, 0.717) is 31.5 Å². The predicted octanol–water partition coefficient (Wildman–Crippen LogP) is 1.04. The molecule has 0 aromatic rings. The first-order valence-corrected chi connectivity index (χ1v) is 9.43. The second kappa shape index (κ2) is 6.64. The summed E-state index contributed by atoms with van der Waals surface area (Å²) in [6, 6.07) is 0. The molecule has 4 fully saturated rings. The molecule has 6 nitrogen and oxygen atoms in total. The monoisotopic (exact) mass is 336 g/mol. The minimum atomic E-state index is -0.114. The lowest BCUT2D eigenvalue weighted by Crippen LogP contribution is -2.67. The van der Waals surface area contributed by atoms with Crippen LogP contribution in [-0.4, -0.2) is 73.2 Å². The van der Waals surface area contributed by atoms with Gasteiger partial charge in [0.05, 0.1) is 32.2 Å². The van der Waals surface area contributed by atoms with Gasteiger partial charge in [0.15, 0.2) is 0 Å². The highest BCUT2D eigenvalue weighted by Gasteiger charge is 2.49. The first kappa shape index (κ1) is 16.3. The van der Waals surface area contributed by atoms with Crippen LogP contribution in [0.1, 0.15) is 38.5 Å². The summed E-state index contributed by atoms with van der Waals surface area (Å²) in [5.74, 6) is 1.05. The zero-order valence-corrected chi connectivity index (χ0v) is 14.4. The van der Waals surface area contributed by atoms with Gasteiger partial charge in [-0.2, -0.15) is 0 Å². The summed E-state index contributed by atoms with van der Waals surface area (Å²) in [5, 5.41) is 0. The molecule has 0 aromatic heterocycles. The Morgan fingerprint density at radius 2 is 2.08 bits per heavy atom. The van der Waals surface area contributed by atoms with Crippen LogP contribution < -0.4 is 0 Å². The van der Waals surface area contributed by atoms with Crippen molar-refractivity contribution in [2.45, 2.75) is 44.1 Å². The van der Waals surface area contributed by atoms with Gasteiger partial charge in [0.1, 0.15) is 5.60 Å². The molecular formula is C18H28N2O4. The Hall–Kier alpha value is -1.14. The minimum Gasteiger partial charge on any atom is -0.381 e. The fraction of sp³-hybridized carbons (Fsp3) is 0.889. The largest absolute Gasteiger partial charge is 0.381 e. The molecule has 0 unspecified atom stereocenters. The van der Waals surface area contributed by atoms with E-state index in [-0.39, 0.29) is 17.4 Å². The van der Waals surface area contributed by atoms with Gasteiger partial charge < -0.3 is 19.3 Å². The summed E-state index contributed by atoms with van der Waals surface area (Å²) in [6.45, 7) is 5.23. The fourth-order valence-corrected chi connectivity index (χ4v) is 4.47. The van der Waals surface area contributed by atoms with Crippen LogP contribution >= 0.6 is 0 Å². The van der Waals surface area contributed by atoms with E-state index >= 15 is 0 Å². The Morgan fingerprint density at radius 1 is 1.21 bits per heavy atom. The van der Waals surface area contributed by atoms with Gasteiger partial charge in [0.2, 0.25) is 11.8 Å². The van der Waals surface area contributed by atoms with Crippen LogP contribution in [-0.2, 0) is 19.1 Å². The van der Waals surface area contributed by atoms with E-state index < -0.39 is 0 Å². The first-order valence-electron chi connectivity index (χ1n) is 9.43. The molecule has 0 aromatic carbocycles. The molecule has 134 valence electrons. The van der Waals surface area contributed by atoms with Gasteiger partial charge in [0, 0.05) is 32.0 Å². The molecule has 0 aliphatic carbocycles. The summed E-state index contributed by atoms with van der Waals surface area (Å²) in [5.41, 5.74) is -0.114. The van der Waals surface area contributed by atoms with Gasteiger partial charge in [0.25, 0.3) is 0 Å². The quantitative estimate of drug-likeness (QED) is 0.773. The number of likely N-dealkylation sites (tertiary alicyclic amines) is 2. The molecule has 1 spiro atoms. The van der Waals surface area contributed by atoms with E-state index in [4.69, 9.17) is 9.47 Å². The van der Waals surface area contributed by atoms with Crippen LogP contribution in [0.25, 0.3) is 0 Å². The highest BCUT2D eigenvalue weighted by atomic mass is 16.5. The summed E-state index contributed by atoms with van der Waals surface area (Å²) in [7, 11) is 0. The van der Waals surface area contributed by atoms with Crippen molar-refractivity contribution in [3.8, 4) is 0 Å². The summed E-state index contributed by atoms with van der Waals surface area (Å²) < 4.78 is 11.5. The van der Waals surface area contributed by atoms with Crippen molar-refractivity contribution < 1.29 is 19.1 Å². The highest BCUT2D eigenvalue weighted by molar-refractivity contribution is 5.80. The number of carbonyl (C=O) groups excluding carboxylic acids is 2. The number of carbonyl (C=O) groups is 2. The van der Waals surface area contributed by atoms with Gasteiger partial charge in [-0.1, -0.05) is 0 Å². The third-order valence-electron chi connectivity index (χ3n) is 6.08. The average Bonchev–Trinajstić information content (AvgIpc) is 3.10. The second-order valence-corrected chi connectivity index (χ2v) is 7.95. The van der Waals surface area contributed by atoms with Crippen molar-refractivity contribution in [3.05, 3.63) is 0 Å². The molecule has 0 radical (unpaired) electrons. The zero-order chi connectivity index (χ0) is 16.6. The second-order valence-electron chi connectivity index (χ2n) is 7.95. The Kier molecular flexibility index (Phi) is 4.52. The number of nitrogens with zero attached hydrogens (tertiary/aromatic N) is 2. The number of amides is 2. The van der Waals surface area contributed by atoms with Gasteiger partial charge >= 0.3 is 0 Å². The van der Waals surface area contributed by atoms with Crippen LogP contribution in [0.2, 0.25) is 0 Å². The minimum absolute atomic E-state index is 0.0591. The van der Waals surface area contributed by atoms with E-state index in [1.807, 2.05) is 9.80 Å². The maximum Gasteiger partial charge on any atom is 0.228 e. The van der Waals surface area contributed by atoms with Gasteiger partial charge in [-0.05, 0) is 32.1 Å². The van der Waals surface area contributed by atoms with Crippen LogP contribution in [0.3, 0.4) is 0 Å². The van der Waals surface area contributed by atoms with Crippen molar-refractivity contribution in [1.29, 1.82) is 0 Å². The van der Waals surface area contributed by atoms with Crippen LogP contribution in [0, 0.1) is 11.8 Å². The maximum absolute atomic E-state index is 12.4. The van der Waals surface area contributed by atoms with Gasteiger partial charge in [-0.15, -0.1) is 0 Å². The topological polar surface area (TPSA) is 59.1 Å². The Bertz CT molecular complexity index is 487. The molecule has 4 rings (SSSR count). The standard InChI is InChI=1S/C18H28N2O4/c21-16-3-1-2-7-19(16)9-14-4-6-18(24-10-14)12-20(13-18)17(22)15-5-8-23-11-15/h14-15H,1-13H2/t14-,15-/m0/s1. The Labute approximate surface area is 143 Å². The summed E-state index contributed by atoms with van der Waals surface area (Å²) >= 11 is 0. The van der Waals surface area contributed by atoms with Crippen molar-refractivity contribution >= 4 is 11.8 Å². The highest BCUT2D eigenvalue weighted by Crippen LogP contribution is 2.37. The van der Waals surface area contributed by atoms with Crippen LogP contribution in [0.5, 0.6) is 0 Å². The lowest BCUT2D eigenvalue weighted by atomic mass is 9.82. The smallest absolute Gasteiger partial charge is 0.228 e. The average molecular weight is 336 g/mol. The molecule has 0 bridgehead atoms. The molecule has 4 saturated heterocycles. The lowest BCUT2D eigenvalue weighted by Gasteiger charge is -2.53. The number of hydrogen-bond acceptors (Lipinski definition) is 4. The predicted molar refractivity (Wildman–Crippen MR) is 87.3 cm³/mol. The normalized spacial score (nSPS) is 32.9. The van der Waals surface area contributed by atoms with E-state index in [1.165, 1.54) is 0 Å². The van der Waals surface area contributed by atoms with Crippen molar-refractivity contribution in [2.24, 2.45) is 11.8 Å². The summed E-state index contributed by atoms with van der Waals surface area (Å²) in [4.78, 5) is 28.3. The third-order valence-corrected chi connectivity index (χ3v) is 6.08. The van der Waals surface area contributed by atoms with Gasteiger partial charge in [-0.3, -0.25) is 9.59 Å². The van der Waals surface area contributed by atoms with Crippen LogP contribution in [0.15, 0.2) is 0 Å². The first-order chi connectivity index (χ1) is 11.7. The van der Waals surface area contributed by atoms with E-state index in [2.05, 4.69) is 0 Å². The molecule has 0 saturated carbocycles. The maximum atomic E-state index is 12.4. The summed E-state index contributed by atoms with van der Waals surface area (Å²) in [6.07, 6.45) is 5.83. The molecule has 4 aliphatic heterocycles. The zero-order valence-electron chi connectivity index (χ0n) is 14.4. The van der Waals surface area contributed by atoms with Gasteiger partial charge in [-0.25, -0.2) is 0 Å². The van der Waals surface area contributed by atoms with E-state index in [1.54, 1.807) is 0 Å². The van der Waals surface area contributed by atoms with Crippen molar-refractivity contribution in [1.82, 2.24) is 9.80 Å². The number of piperidine rings is 1. The van der Waals surface area contributed by atoms with E-state index in [9.17, 15) is 9.59 Å². The number of ether oxygens (including phenoxy) is 2. The fourth-order valence-electron chi connectivity index (χ4n) is 4.47. The number of rotatable bonds is 3. The molecule has 4 heterocycles. The lowest BCUT2D eigenvalue weighted by molar-refractivity contribution is -0.192. The molecule has 6 heteroatoms. The Balaban J connectivity index is 1.22. The van der Waals surface area contributed by atoms with Crippen molar-refractivity contribution in [3.63, 3.8) is 0 Å². The Morgan fingerprint density at radius 3 is 2.75 bits per heavy atom. The van der Waals surface area contributed by atoms with Crippen LogP contribution in [0.4, 0.5) is 0 Å². The molecule has 0 N–H and O–H groups in total. The molecule has 2 amide bonds. The molecular weight excluding hydrogens is 308 g/mol. The molecule has 24 heavy (non-hydrogen) atoms. The van der Waals surface area contributed by atoms with Crippen molar-refractivity contribution in [2.75, 3.05) is 46.0 Å². The third kappa shape index (κ3) is 3.18. The molecule has 4 aliphatic rings. The molecule has 2 atom stereocenters.